The maximum Gasteiger partial charge on any atom is 0.227 e. The first-order chi connectivity index (χ1) is 8.83. The van der Waals surface area contributed by atoms with Crippen LogP contribution in [0.5, 0.6) is 0 Å². The van der Waals surface area contributed by atoms with Gasteiger partial charge in [-0.3, -0.25) is 4.68 Å². The molecule has 0 aliphatic heterocycles. The first kappa shape index (κ1) is 14.2. The molecule has 0 saturated heterocycles. The zero-order valence-electron chi connectivity index (χ0n) is 11.1. The molecule has 0 radical (unpaired) electrons. The molecule has 0 saturated carbocycles. The number of aromatic nitrogens is 4. The molecule has 0 atom stereocenters. The molecule has 0 aromatic carbocycles. The van der Waals surface area contributed by atoms with Crippen LogP contribution in [0.3, 0.4) is 0 Å². The highest BCUT2D eigenvalue weighted by atomic mass is 127. The van der Waals surface area contributed by atoms with Crippen LogP contribution in [0.1, 0.15) is 19.5 Å². The number of aliphatic hydroxyl groups is 1. The van der Waals surface area contributed by atoms with E-state index in [0.29, 0.717) is 12.5 Å². The van der Waals surface area contributed by atoms with Crippen molar-refractivity contribution in [2.75, 3.05) is 5.32 Å². The van der Waals surface area contributed by atoms with Crippen LogP contribution in [-0.2, 0) is 6.54 Å². The van der Waals surface area contributed by atoms with Crippen LogP contribution < -0.4 is 5.32 Å². The molecule has 0 amide bonds. The molecule has 102 valence electrons. The molecule has 2 rings (SSSR count). The summed E-state index contributed by atoms with van der Waals surface area (Å²) in [5.74, 6) is 0.534. The minimum Gasteiger partial charge on any atom is -0.389 e. The Kier molecular flexibility index (Phi) is 4.04. The van der Waals surface area contributed by atoms with Gasteiger partial charge >= 0.3 is 0 Å². The van der Waals surface area contributed by atoms with Crippen LogP contribution in [0.15, 0.2) is 18.6 Å². The lowest BCUT2D eigenvalue weighted by Gasteiger charge is -2.16. The number of rotatable bonds is 4. The molecule has 0 fully saturated rings. The van der Waals surface area contributed by atoms with Gasteiger partial charge in [-0.1, -0.05) is 0 Å². The molecular formula is C12H16IN5O. The van der Waals surface area contributed by atoms with Gasteiger partial charge in [-0.15, -0.1) is 0 Å². The molecule has 0 aliphatic rings. The van der Waals surface area contributed by atoms with E-state index < -0.39 is 5.60 Å². The van der Waals surface area contributed by atoms with Gasteiger partial charge in [0.25, 0.3) is 0 Å². The zero-order valence-corrected chi connectivity index (χ0v) is 13.2. The fraction of sp³-hybridized carbons (Fsp3) is 0.417. The van der Waals surface area contributed by atoms with Gasteiger partial charge in [0.2, 0.25) is 5.95 Å². The van der Waals surface area contributed by atoms with Crippen molar-refractivity contribution < 1.29 is 5.11 Å². The van der Waals surface area contributed by atoms with Crippen LogP contribution in [0.25, 0.3) is 0 Å². The zero-order chi connectivity index (χ0) is 14.0. The summed E-state index contributed by atoms with van der Waals surface area (Å²) in [5.41, 5.74) is 0.881. The smallest absolute Gasteiger partial charge is 0.227 e. The Morgan fingerprint density at radius 1 is 1.37 bits per heavy atom. The minimum atomic E-state index is -0.797. The topological polar surface area (TPSA) is 75.9 Å². The van der Waals surface area contributed by atoms with E-state index in [-0.39, 0.29) is 0 Å². The quantitative estimate of drug-likeness (QED) is 0.803. The number of nitrogens with zero attached hydrogens (tertiary/aromatic N) is 4. The van der Waals surface area contributed by atoms with Crippen molar-refractivity contribution in [3.63, 3.8) is 0 Å². The van der Waals surface area contributed by atoms with Crippen LogP contribution in [0.2, 0.25) is 0 Å². The van der Waals surface area contributed by atoms with E-state index in [1.165, 1.54) is 0 Å². The number of anilines is 2. The van der Waals surface area contributed by atoms with E-state index in [1.54, 1.807) is 30.9 Å². The molecule has 2 N–H and O–H groups in total. The first-order valence-electron chi connectivity index (χ1n) is 5.84. The van der Waals surface area contributed by atoms with Gasteiger partial charge in [0.1, 0.15) is 0 Å². The van der Waals surface area contributed by atoms with Gasteiger partial charge in [-0.05, 0) is 43.4 Å². The van der Waals surface area contributed by atoms with E-state index in [2.05, 4.69) is 43.0 Å². The van der Waals surface area contributed by atoms with Crippen molar-refractivity contribution in [1.29, 1.82) is 0 Å². The Morgan fingerprint density at radius 2 is 2.00 bits per heavy atom. The molecule has 0 bridgehead atoms. The maximum absolute atomic E-state index is 9.78. The van der Waals surface area contributed by atoms with Crippen molar-refractivity contribution in [2.24, 2.45) is 0 Å². The summed E-state index contributed by atoms with van der Waals surface area (Å²) in [4.78, 5) is 8.36. The van der Waals surface area contributed by atoms with E-state index in [4.69, 9.17) is 0 Å². The molecule has 0 unspecified atom stereocenters. The summed E-state index contributed by atoms with van der Waals surface area (Å²) < 4.78 is 2.70. The predicted octanol–water partition coefficient (Wildman–Crippen LogP) is 2.10. The van der Waals surface area contributed by atoms with Gasteiger partial charge in [0, 0.05) is 22.2 Å². The van der Waals surface area contributed by atoms with Crippen LogP contribution in [0, 0.1) is 10.5 Å². The second-order valence-electron chi connectivity index (χ2n) is 4.99. The summed E-state index contributed by atoms with van der Waals surface area (Å²) in [6.45, 7) is 5.83. The van der Waals surface area contributed by atoms with E-state index in [0.717, 1.165) is 15.0 Å². The normalized spacial score (nSPS) is 11.6. The van der Waals surface area contributed by atoms with E-state index in [1.807, 2.05) is 13.1 Å². The fourth-order valence-electron chi connectivity index (χ4n) is 1.62. The second-order valence-corrected chi connectivity index (χ2v) is 6.23. The lowest BCUT2D eigenvalue weighted by Crippen LogP contribution is -2.26. The van der Waals surface area contributed by atoms with Crippen LogP contribution in [-0.4, -0.2) is 30.5 Å². The van der Waals surface area contributed by atoms with E-state index >= 15 is 0 Å². The van der Waals surface area contributed by atoms with E-state index in [9.17, 15) is 5.11 Å². The number of nitrogens with one attached hydrogen (secondary N) is 1. The second kappa shape index (κ2) is 5.41. The van der Waals surface area contributed by atoms with Gasteiger partial charge in [-0.25, -0.2) is 9.97 Å². The van der Waals surface area contributed by atoms with Crippen molar-refractivity contribution in [1.82, 2.24) is 19.7 Å². The van der Waals surface area contributed by atoms with Gasteiger partial charge in [0.15, 0.2) is 0 Å². The summed E-state index contributed by atoms with van der Waals surface area (Å²) in [7, 11) is 0. The highest BCUT2D eigenvalue weighted by Crippen LogP contribution is 2.18. The Hall–Kier alpha value is -1.22. The summed E-state index contributed by atoms with van der Waals surface area (Å²) in [6.07, 6.45) is 5.33. The first-order valence-corrected chi connectivity index (χ1v) is 6.92. The van der Waals surface area contributed by atoms with Crippen molar-refractivity contribution >= 4 is 34.2 Å². The molecule has 6 nitrogen and oxygen atoms in total. The molecule has 7 heteroatoms. The monoisotopic (exact) mass is 373 g/mol. The molecule has 2 aromatic rings. The average molecular weight is 373 g/mol. The van der Waals surface area contributed by atoms with Gasteiger partial charge in [0.05, 0.1) is 23.5 Å². The third-order valence-electron chi connectivity index (χ3n) is 2.36. The largest absolute Gasteiger partial charge is 0.389 e. The molecule has 19 heavy (non-hydrogen) atoms. The van der Waals surface area contributed by atoms with Gasteiger partial charge in [-0.2, -0.15) is 5.10 Å². The Balaban J connectivity index is 2.15. The lowest BCUT2D eigenvalue weighted by molar-refractivity contribution is 0.0577. The minimum absolute atomic E-state index is 0.434. The van der Waals surface area contributed by atoms with Crippen molar-refractivity contribution in [3.8, 4) is 0 Å². The third-order valence-corrected chi connectivity index (χ3v) is 2.92. The molecule has 0 aliphatic carbocycles. The predicted molar refractivity (Wildman–Crippen MR) is 81.3 cm³/mol. The molecule has 2 aromatic heterocycles. The highest BCUT2D eigenvalue weighted by molar-refractivity contribution is 14.1. The number of halogens is 1. The lowest BCUT2D eigenvalue weighted by atomic mass is 10.1. The Bertz CT molecular complexity index is 558. The highest BCUT2D eigenvalue weighted by Gasteiger charge is 2.15. The van der Waals surface area contributed by atoms with Crippen LogP contribution >= 0.6 is 22.6 Å². The molecule has 0 spiro atoms. The number of hydrogen-bond acceptors (Lipinski definition) is 5. The Labute approximate surface area is 125 Å². The fourth-order valence-corrected chi connectivity index (χ4v) is 1.89. The summed E-state index contributed by atoms with van der Waals surface area (Å²) in [5, 5.41) is 17.2. The van der Waals surface area contributed by atoms with Crippen molar-refractivity contribution in [2.45, 2.75) is 32.9 Å². The third kappa shape index (κ3) is 4.13. The molecular weight excluding hydrogens is 357 g/mol. The standard InChI is InChI=1S/C12H16IN5O/c1-8-10(6-18(17-8)7-12(2,3)19)16-11-14-4-9(13)5-15-11/h4-6,19H,7H2,1-3H3,(H,14,15,16). The van der Waals surface area contributed by atoms with Crippen molar-refractivity contribution in [3.05, 3.63) is 27.9 Å². The number of aryl methyl sites for hydroxylation is 1. The summed E-state index contributed by atoms with van der Waals surface area (Å²) in [6, 6.07) is 0. The Morgan fingerprint density at radius 3 is 2.58 bits per heavy atom. The average Bonchev–Trinajstić information content (AvgIpc) is 2.60. The number of hydrogen-bond donors (Lipinski definition) is 2. The summed E-state index contributed by atoms with van der Waals surface area (Å²) >= 11 is 2.16. The van der Waals surface area contributed by atoms with Crippen LogP contribution in [0.4, 0.5) is 11.6 Å². The maximum atomic E-state index is 9.78. The van der Waals surface area contributed by atoms with Gasteiger partial charge < -0.3 is 10.4 Å². The SMILES string of the molecule is Cc1nn(CC(C)(C)O)cc1Nc1ncc(I)cn1. The molecule has 2 heterocycles.